The van der Waals surface area contributed by atoms with E-state index in [9.17, 15) is 9.18 Å². The van der Waals surface area contributed by atoms with Crippen molar-refractivity contribution in [2.45, 2.75) is 31.6 Å². The molecule has 0 spiro atoms. The average molecular weight is 419 g/mol. The van der Waals surface area contributed by atoms with Gasteiger partial charge in [0.1, 0.15) is 11.6 Å². The van der Waals surface area contributed by atoms with Gasteiger partial charge in [-0.05, 0) is 60.4 Å². The maximum Gasteiger partial charge on any atom is 0.226 e. The van der Waals surface area contributed by atoms with Crippen molar-refractivity contribution in [1.82, 2.24) is 9.88 Å². The quantitative estimate of drug-likeness (QED) is 0.579. The lowest BCUT2D eigenvalue weighted by molar-refractivity contribution is -0.131. The van der Waals surface area contributed by atoms with Crippen LogP contribution in [0.2, 0.25) is 0 Å². The normalized spacial score (nSPS) is 14.5. The maximum absolute atomic E-state index is 13.1. The van der Waals surface area contributed by atoms with E-state index in [0.29, 0.717) is 18.8 Å². The molecule has 1 aliphatic heterocycles. The summed E-state index contributed by atoms with van der Waals surface area (Å²) in [6.07, 6.45) is 2.94. The van der Waals surface area contributed by atoms with Crippen LogP contribution < -0.4 is 4.74 Å². The molecule has 0 saturated carbocycles. The topological polar surface area (TPSA) is 42.4 Å². The Bertz CT molecular complexity index is 1010. The molecule has 31 heavy (non-hydrogen) atoms. The minimum Gasteiger partial charge on any atom is -0.497 e. The first-order chi connectivity index (χ1) is 15.1. The van der Waals surface area contributed by atoms with Gasteiger partial charge in [0.15, 0.2) is 0 Å². The number of nitrogens with zero attached hydrogens (tertiary/aromatic N) is 2. The lowest BCUT2D eigenvalue weighted by atomic mass is 9.92. The van der Waals surface area contributed by atoms with Crippen molar-refractivity contribution in [3.63, 3.8) is 0 Å². The van der Waals surface area contributed by atoms with Crippen LogP contribution >= 0.6 is 0 Å². The number of aromatic nitrogens is 1. The molecule has 1 aromatic heterocycles. The molecule has 0 bridgehead atoms. The third kappa shape index (κ3) is 5.48. The number of hydrogen-bond acceptors (Lipinski definition) is 3. The lowest BCUT2D eigenvalue weighted by Crippen LogP contribution is -2.38. The first-order valence-corrected chi connectivity index (χ1v) is 10.7. The van der Waals surface area contributed by atoms with Gasteiger partial charge in [0.2, 0.25) is 5.91 Å². The minimum absolute atomic E-state index is 0.168. The van der Waals surface area contributed by atoms with Gasteiger partial charge in [0, 0.05) is 36.8 Å². The van der Waals surface area contributed by atoms with Crippen molar-refractivity contribution in [3.8, 4) is 5.75 Å². The van der Waals surface area contributed by atoms with Crippen molar-refractivity contribution in [3.05, 3.63) is 95.1 Å². The van der Waals surface area contributed by atoms with Crippen molar-refractivity contribution in [1.29, 1.82) is 0 Å². The van der Waals surface area contributed by atoms with Crippen molar-refractivity contribution >= 4 is 5.91 Å². The number of benzene rings is 2. The summed E-state index contributed by atoms with van der Waals surface area (Å²) in [5, 5.41) is 0. The molecule has 160 valence electrons. The van der Waals surface area contributed by atoms with E-state index in [0.717, 1.165) is 54.2 Å². The summed E-state index contributed by atoms with van der Waals surface area (Å²) in [7, 11) is 1.64. The summed E-state index contributed by atoms with van der Waals surface area (Å²) in [6.45, 7) is 1.51. The number of ether oxygens (including phenoxy) is 1. The predicted molar refractivity (Wildman–Crippen MR) is 119 cm³/mol. The van der Waals surface area contributed by atoms with E-state index in [1.165, 1.54) is 12.1 Å². The molecule has 1 fully saturated rings. The molecule has 4 rings (SSSR count). The molecule has 4 nitrogen and oxygen atoms in total. The highest BCUT2D eigenvalue weighted by Crippen LogP contribution is 2.27. The van der Waals surface area contributed by atoms with Crippen LogP contribution in [0.4, 0.5) is 4.39 Å². The Morgan fingerprint density at radius 1 is 1.00 bits per heavy atom. The maximum atomic E-state index is 13.1. The molecule has 2 heterocycles. The zero-order valence-electron chi connectivity index (χ0n) is 17.8. The van der Waals surface area contributed by atoms with Crippen LogP contribution in [0.25, 0.3) is 0 Å². The van der Waals surface area contributed by atoms with Crippen LogP contribution in [0.3, 0.4) is 0 Å². The summed E-state index contributed by atoms with van der Waals surface area (Å²) in [4.78, 5) is 19.5. The van der Waals surface area contributed by atoms with E-state index in [2.05, 4.69) is 6.07 Å². The molecule has 1 aliphatic rings. The van der Waals surface area contributed by atoms with Gasteiger partial charge in [-0.3, -0.25) is 9.78 Å². The second-order valence-corrected chi connectivity index (χ2v) is 8.04. The van der Waals surface area contributed by atoms with E-state index < -0.39 is 0 Å². The minimum atomic E-state index is -0.223. The number of likely N-dealkylation sites (tertiary alicyclic amines) is 1. The van der Waals surface area contributed by atoms with Gasteiger partial charge in [0.25, 0.3) is 0 Å². The van der Waals surface area contributed by atoms with Crippen molar-refractivity contribution in [2.75, 3.05) is 20.2 Å². The molecule has 3 aromatic rings. The Morgan fingerprint density at radius 2 is 1.68 bits per heavy atom. The monoisotopic (exact) mass is 418 g/mol. The number of carbonyl (C=O) groups is 1. The number of pyridine rings is 1. The van der Waals surface area contributed by atoms with Gasteiger partial charge in [-0.15, -0.1) is 0 Å². The second-order valence-electron chi connectivity index (χ2n) is 8.04. The van der Waals surface area contributed by atoms with Crippen LogP contribution in [-0.2, 0) is 17.6 Å². The molecule has 0 radical (unpaired) electrons. The van der Waals surface area contributed by atoms with E-state index >= 15 is 0 Å². The molecule has 5 heteroatoms. The number of methoxy groups -OCH3 is 1. The van der Waals surface area contributed by atoms with Crippen molar-refractivity contribution < 1.29 is 13.9 Å². The smallest absolute Gasteiger partial charge is 0.226 e. The van der Waals surface area contributed by atoms with Gasteiger partial charge in [-0.2, -0.15) is 0 Å². The molecule has 0 unspecified atom stereocenters. The van der Waals surface area contributed by atoms with E-state index in [-0.39, 0.29) is 11.7 Å². The van der Waals surface area contributed by atoms with Gasteiger partial charge in [0.05, 0.1) is 13.5 Å². The Balaban J connectivity index is 1.32. The largest absolute Gasteiger partial charge is 0.497 e. The zero-order valence-corrected chi connectivity index (χ0v) is 17.8. The number of hydrogen-bond donors (Lipinski definition) is 0. The van der Waals surface area contributed by atoms with Crippen LogP contribution in [0, 0.1) is 5.82 Å². The van der Waals surface area contributed by atoms with Crippen LogP contribution in [0.5, 0.6) is 5.75 Å². The molecular formula is C26H27FN2O2. The fourth-order valence-electron chi connectivity index (χ4n) is 4.09. The molecule has 2 aromatic carbocycles. The summed E-state index contributed by atoms with van der Waals surface area (Å²) in [5.41, 5.74) is 4.12. The molecule has 0 atom stereocenters. The van der Waals surface area contributed by atoms with Crippen LogP contribution in [-0.4, -0.2) is 36.0 Å². The fourth-order valence-corrected chi connectivity index (χ4v) is 4.09. The van der Waals surface area contributed by atoms with Crippen LogP contribution in [0.1, 0.15) is 41.3 Å². The summed E-state index contributed by atoms with van der Waals surface area (Å²) < 4.78 is 18.3. The number of amides is 1. The SMILES string of the molecule is COc1ccc(CC(=O)N2CCC(c3cccc(Cc4ccc(F)cc4)n3)CC2)cc1. The first kappa shape index (κ1) is 21.0. The Hall–Kier alpha value is -3.21. The molecular weight excluding hydrogens is 391 g/mol. The van der Waals surface area contributed by atoms with Gasteiger partial charge in [-0.1, -0.05) is 30.3 Å². The lowest BCUT2D eigenvalue weighted by Gasteiger charge is -2.32. The third-order valence-corrected chi connectivity index (χ3v) is 5.91. The zero-order chi connectivity index (χ0) is 21.6. The summed E-state index contributed by atoms with van der Waals surface area (Å²) in [5.74, 6) is 1.10. The summed E-state index contributed by atoms with van der Waals surface area (Å²) in [6, 6.07) is 20.4. The highest BCUT2D eigenvalue weighted by Gasteiger charge is 2.24. The van der Waals surface area contributed by atoms with Crippen molar-refractivity contribution in [2.24, 2.45) is 0 Å². The average Bonchev–Trinajstić information content (AvgIpc) is 2.81. The van der Waals surface area contributed by atoms with E-state index in [4.69, 9.17) is 9.72 Å². The molecule has 1 saturated heterocycles. The van der Waals surface area contributed by atoms with Gasteiger partial charge >= 0.3 is 0 Å². The Morgan fingerprint density at radius 3 is 2.35 bits per heavy atom. The number of rotatable bonds is 6. The number of piperidine rings is 1. The molecule has 1 amide bonds. The molecule has 0 aliphatic carbocycles. The summed E-state index contributed by atoms with van der Waals surface area (Å²) >= 11 is 0. The standard InChI is InChI=1S/C26H27FN2O2/c1-31-24-11-7-20(8-12-24)18-26(30)29-15-13-21(14-16-29)25-4-2-3-23(28-25)17-19-5-9-22(27)10-6-19/h2-12,21H,13-18H2,1H3. The van der Waals surface area contributed by atoms with E-state index in [1.807, 2.05) is 41.3 Å². The second kappa shape index (κ2) is 9.73. The predicted octanol–water partition coefficient (Wildman–Crippen LogP) is 4.77. The Labute approximate surface area is 182 Å². The first-order valence-electron chi connectivity index (χ1n) is 10.7. The van der Waals surface area contributed by atoms with Gasteiger partial charge in [-0.25, -0.2) is 4.39 Å². The van der Waals surface area contributed by atoms with Gasteiger partial charge < -0.3 is 9.64 Å². The third-order valence-electron chi connectivity index (χ3n) is 5.91. The fraction of sp³-hybridized carbons (Fsp3) is 0.308. The molecule has 0 N–H and O–H groups in total. The Kier molecular flexibility index (Phi) is 6.60. The van der Waals surface area contributed by atoms with Crippen LogP contribution in [0.15, 0.2) is 66.7 Å². The highest BCUT2D eigenvalue weighted by molar-refractivity contribution is 5.79. The van der Waals surface area contributed by atoms with E-state index in [1.54, 1.807) is 19.2 Å². The number of carbonyl (C=O) groups excluding carboxylic acids is 1. The highest BCUT2D eigenvalue weighted by atomic mass is 19.1. The number of halogens is 1.